The van der Waals surface area contributed by atoms with Gasteiger partial charge in [-0.1, -0.05) is 40.2 Å². The summed E-state index contributed by atoms with van der Waals surface area (Å²) in [6.07, 6.45) is -5.85. The molecule has 1 radical (unpaired) electrons. The van der Waals surface area contributed by atoms with Crippen molar-refractivity contribution in [1.29, 1.82) is 0 Å². The number of alkyl carbamates (subject to hydrolysis) is 1. The summed E-state index contributed by atoms with van der Waals surface area (Å²) in [7, 11) is 0. The van der Waals surface area contributed by atoms with Crippen LogP contribution in [-0.2, 0) is 39.3 Å². The molecular weight excluding hydrogens is 670 g/mol. The van der Waals surface area contributed by atoms with Gasteiger partial charge in [0, 0.05) is 43.9 Å². The molecule has 47 heavy (non-hydrogen) atoms. The summed E-state index contributed by atoms with van der Waals surface area (Å²) < 4.78 is 84.6. The fourth-order valence-corrected chi connectivity index (χ4v) is 6.11. The number of aromatic nitrogens is 2. The fourth-order valence-electron chi connectivity index (χ4n) is 6.11. The molecule has 1 saturated heterocycles. The van der Waals surface area contributed by atoms with E-state index in [1.165, 1.54) is 11.0 Å². The molecule has 10 nitrogen and oxygen atoms in total. The molecule has 16 heteroatoms. The zero-order valence-corrected chi connectivity index (χ0v) is 27.7. The first kappa shape index (κ1) is 36.6. The minimum atomic E-state index is -4.96. The minimum Gasteiger partial charge on any atom is -0.540 e. The van der Waals surface area contributed by atoms with Crippen molar-refractivity contribution in [2.24, 2.45) is 17.3 Å². The fraction of sp³-hybridized carbons (Fsp3) is 0.645. The summed E-state index contributed by atoms with van der Waals surface area (Å²) >= 11 is 0. The number of rotatable bonds is 3. The molecule has 5 rings (SSSR count). The standard InChI is InChI=1S/C31H36F5N4O6.V/c1-5-18-22(15-41)40-14-24(18)44-26-20(37-19-7-6-17(13-21(19)38-26)46-31(34,35)36)9-11-30(32,33)10-8-16-12-23(16)45-28(43)39-25(27(40)42)29(2,3)4;/h6-7,13,16,18,22-25H,5,8-12,14H2,1-4H3,(H,39,43);/q-1;/t16-,18+,22-,23-,24+,25-;/m1./s1. The Hall–Kier alpha value is -3.20. The number of hydrogen-bond acceptors (Lipinski definition) is 8. The van der Waals surface area contributed by atoms with E-state index in [1.807, 2.05) is 6.29 Å². The molecule has 2 fully saturated rings. The van der Waals surface area contributed by atoms with Gasteiger partial charge in [-0.15, -0.1) is 13.2 Å². The first-order valence-corrected chi connectivity index (χ1v) is 15.2. The van der Waals surface area contributed by atoms with Gasteiger partial charge in [-0.25, -0.2) is 29.8 Å². The number of nitrogens with zero attached hydrogens (tertiary/aromatic N) is 3. The molecule has 0 unspecified atom stereocenters. The van der Waals surface area contributed by atoms with E-state index in [-0.39, 0.29) is 66.5 Å². The van der Waals surface area contributed by atoms with E-state index in [9.17, 15) is 27.6 Å². The third-order valence-corrected chi connectivity index (χ3v) is 8.74. The van der Waals surface area contributed by atoms with Gasteiger partial charge < -0.3 is 29.2 Å². The van der Waals surface area contributed by atoms with Crippen LogP contribution in [0.25, 0.3) is 11.0 Å². The van der Waals surface area contributed by atoms with Crippen LogP contribution < -0.4 is 14.8 Å². The van der Waals surface area contributed by atoms with Crippen molar-refractivity contribution in [3.8, 4) is 11.6 Å². The maximum absolute atomic E-state index is 15.1. The van der Waals surface area contributed by atoms with Crippen molar-refractivity contribution < 1.29 is 69.1 Å². The molecule has 2 aromatic rings. The summed E-state index contributed by atoms with van der Waals surface area (Å²) in [6.45, 7) is 6.83. The van der Waals surface area contributed by atoms with E-state index in [4.69, 9.17) is 9.47 Å². The number of amides is 2. The van der Waals surface area contributed by atoms with Crippen LogP contribution in [0.1, 0.15) is 65.5 Å². The van der Waals surface area contributed by atoms with Crippen LogP contribution in [0.3, 0.4) is 0 Å². The number of fused-ring (bicyclic) bond motifs is 5. The summed E-state index contributed by atoms with van der Waals surface area (Å²) in [5.74, 6) is -5.31. The van der Waals surface area contributed by atoms with Gasteiger partial charge in [-0.3, -0.25) is 4.79 Å². The minimum absolute atomic E-state index is 0. The molecule has 2 bridgehead atoms. The Kier molecular flexibility index (Phi) is 10.7. The number of aryl methyl sites for hydroxylation is 1. The van der Waals surface area contributed by atoms with Crippen LogP contribution in [0.2, 0.25) is 0 Å². The number of nitrogens with one attached hydrogen (secondary N) is 1. The summed E-state index contributed by atoms with van der Waals surface area (Å²) in [4.78, 5) is 49.1. The third kappa shape index (κ3) is 8.64. The molecule has 3 heterocycles. The van der Waals surface area contributed by atoms with Gasteiger partial charge in [0.1, 0.15) is 29.7 Å². The van der Waals surface area contributed by atoms with Gasteiger partial charge in [-0.05, 0) is 42.2 Å². The van der Waals surface area contributed by atoms with E-state index in [1.54, 1.807) is 27.7 Å². The molecule has 2 amide bonds. The maximum Gasteiger partial charge on any atom is 0.573 e. The summed E-state index contributed by atoms with van der Waals surface area (Å²) in [5.41, 5.74) is -0.666. The molecule has 0 spiro atoms. The van der Waals surface area contributed by atoms with Gasteiger partial charge in [0.2, 0.25) is 17.7 Å². The Bertz CT molecular complexity index is 1490. The number of alkyl halides is 5. The molecule has 1 aromatic heterocycles. The number of halogens is 5. The maximum atomic E-state index is 15.1. The average molecular weight is 707 g/mol. The second kappa shape index (κ2) is 13.7. The van der Waals surface area contributed by atoms with Gasteiger partial charge in [-0.2, -0.15) is 0 Å². The average Bonchev–Trinajstić information content (AvgIpc) is 3.60. The smallest absolute Gasteiger partial charge is 0.540 e. The predicted molar refractivity (Wildman–Crippen MR) is 153 cm³/mol. The number of benzene rings is 1. The first-order chi connectivity index (χ1) is 21.5. The van der Waals surface area contributed by atoms with E-state index in [2.05, 4.69) is 20.0 Å². The van der Waals surface area contributed by atoms with Crippen molar-refractivity contribution in [1.82, 2.24) is 20.2 Å². The number of carbonyl (C=O) groups is 2. The van der Waals surface area contributed by atoms with Crippen LogP contribution in [-0.4, -0.2) is 76.3 Å². The Labute approximate surface area is 280 Å². The molecule has 2 aliphatic heterocycles. The van der Waals surface area contributed by atoms with Gasteiger partial charge in [0.15, 0.2) is 0 Å². The number of carbonyl (C=O) groups excluding carboxylic acids is 3. The van der Waals surface area contributed by atoms with E-state index in [0.717, 1.165) is 12.1 Å². The molecule has 1 N–H and O–H groups in total. The largest absolute Gasteiger partial charge is 0.573 e. The predicted octanol–water partition coefficient (Wildman–Crippen LogP) is 5.51. The quantitative estimate of drug-likeness (QED) is 0.328. The SMILES string of the molecule is CC[C@@H]1[C@@H]2CN(C(=O)[C@H](C(C)(C)C)NC(=O)O[C@@H]3C[C@H]3CCC(F)(F)CCc3nc4ccc(OC(F)(F)F)cc4nc3O2)[C@@H]1[C-]=O.[V]. The Morgan fingerprint density at radius 3 is 2.45 bits per heavy atom. The molecule has 1 saturated carbocycles. The summed E-state index contributed by atoms with van der Waals surface area (Å²) in [6, 6.07) is 1.10. The normalized spacial score (nSPS) is 28.3. The number of ether oxygens (including phenoxy) is 3. The third-order valence-electron chi connectivity index (χ3n) is 8.74. The van der Waals surface area contributed by atoms with Crippen LogP contribution in [0.15, 0.2) is 18.2 Å². The van der Waals surface area contributed by atoms with Crippen molar-refractivity contribution in [2.75, 3.05) is 6.54 Å². The van der Waals surface area contributed by atoms with Crippen molar-refractivity contribution in [3.63, 3.8) is 0 Å². The van der Waals surface area contributed by atoms with Crippen LogP contribution in [0.5, 0.6) is 11.6 Å². The molecular formula is C31H36F5N4O6V-. The van der Waals surface area contributed by atoms with Crippen LogP contribution >= 0.6 is 0 Å². The molecule has 1 aliphatic carbocycles. The van der Waals surface area contributed by atoms with Crippen molar-refractivity contribution in [3.05, 3.63) is 23.9 Å². The topological polar surface area (TPSA) is 120 Å². The van der Waals surface area contributed by atoms with Crippen LogP contribution in [0, 0.1) is 17.3 Å². The Morgan fingerprint density at radius 1 is 1.09 bits per heavy atom. The zero-order valence-electron chi connectivity index (χ0n) is 26.3. The molecule has 3 aliphatic rings. The van der Waals surface area contributed by atoms with Gasteiger partial charge in [0.05, 0.1) is 17.6 Å². The molecule has 1 aromatic carbocycles. The Balaban J connectivity index is 0.00000500. The molecule has 257 valence electrons. The second-order valence-corrected chi connectivity index (χ2v) is 13.2. The van der Waals surface area contributed by atoms with E-state index < -0.39 is 78.5 Å². The van der Waals surface area contributed by atoms with Crippen molar-refractivity contribution >= 4 is 29.3 Å². The van der Waals surface area contributed by atoms with Crippen molar-refractivity contribution in [2.45, 2.75) is 103 Å². The van der Waals surface area contributed by atoms with E-state index in [0.29, 0.717) is 12.8 Å². The monoisotopic (exact) mass is 706 g/mol. The molecule has 6 atom stereocenters. The van der Waals surface area contributed by atoms with Gasteiger partial charge in [0.25, 0.3) is 0 Å². The summed E-state index contributed by atoms with van der Waals surface area (Å²) in [5, 5.41) is 2.62. The van der Waals surface area contributed by atoms with E-state index >= 15 is 8.78 Å². The van der Waals surface area contributed by atoms with Crippen LogP contribution in [0.4, 0.5) is 26.7 Å². The van der Waals surface area contributed by atoms with Gasteiger partial charge >= 0.3 is 12.5 Å². The Morgan fingerprint density at radius 2 is 1.81 bits per heavy atom. The second-order valence-electron chi connectivity index (χ2n) is 13.2. The number of hydrogen-bond donors (Lipinski definition) is 1. The first-order valence-electron chi connectivity index (χ1n) is 15.2. The zero-order chi connectivity index (χ0) is 33.6.